The van der Waals surface area contributed by atoms with Crippen LogP contribution in [0.15, 0.2) is 18.3 Å². The fourth-order valence-corrected chi connectivity index (χ4v) is 3.08. The van der Waals surface area contributed by atoms with E-state index in [0.29, 0.717) is 6.04 Å². The number of rotatable bonds is 4. The van der Waals surface area contributed by atoms with Gasteiger partial charge in [0.25, 0.3) is 0 Å². The first-order chi connectivity index (χ1) is 9.81. The largest absolute Gasteiger partial charge is 0.396 e. The molecule has 2 aromatic heterocycles. The minimum atomic E-state index is 0.201. The van der Waals surface area contributed by atoms with Crippen molar-refractivity contribution in [2.75, 3.05) is 20.2 Å². The maximum Gasteiger partial charge on any atom is 0.160 e. The Balaban J connectivity index is 2.03. The number of nitrogens with zero attached hydrogens (tertiary/aromatic N) is 4. The molecule has 0 aliphatic carbocycles. The Bertz CT molecular complexity index is 580. The van der Waals surface area contributed by atoms with Gasteiger partial charge in [0.1, 0.15) is 11.3 Å². The summed E-state index contributed by atoms with van der Waals surface area (Å²) in [5, 5.41) is 9.13. The number of aliphatic hydroxyl groups excluding tert-OH is 1. The van der Waals surface area contributed by atoms with Crippen molar-refractivity contribution in [2.45, 2.75) is 38.3 Å². The van der Waals surface area contributed by atoms with E-state index in [2.05, 4.69) is 21.5 Å². The average molecular weight is 274 g/mol. The second-order valence-electron chi connectivity index (χ2n) is 5.54. The Morgan fingerprint density at radius 1 is 1.40 bits per heavy atom. The highest BCUT2D eigenvalue weighted by Crippen LogP contribution is 2.30. The maximum atomic E-state index is 9.13. The van der Waals surface area contributed by atoms with E-state index in [4.69, 9.17) is 10.1 Å². The molecule has 1 aliphatic rings. The molecule has 1 unspecified atom stereocenters. The number of aryl methyl sites for hydroxylation is 1. The van der Waals surface area contributed by atoms with Crippen LogP contribution in [0.5, 0.6) is 0 Å². The molecule has 3 heterocycles. The lowest BCUT2D eigenvalue weighted by Crippen LogP contribution is -2.31. The van der Waals surface area contributed by atoms with E-state index >= 15 is 0 Å². The summed E-state index contributed by atoms with van der Waals surface area (Å²) in [6.07, 6.45) is 6.23. The molecule has 0 aromatic carbocycles. The molecule has 108 valence electrons. The van der Waals surface area contributed by atoms with Gasteiger partial charge in [-0.15, -0.1) is 0 Å². The second-order valence-corrected chi connectivity index (χ2v) is 5.54. The number of imidazole rings is 1. The van der Waals surface area contributed by atoms with Crippen LogP contribution in [0.4, 0.5) is 0 Å². The van der Waals surface area contributed by atoms with Crippen LogP contribution in [0, 0.1) is 0 Å². The highest BCUT2D eigenvalue weighted by Gasteiger charge is 2.26. The van der Waals surface area contributed by atoms with Gasteiger partial charge in [-0.2, -0.15) is 0 Å². The zero-order valence-electron chi connectivity index (χ0n) is 12.0. The highest BCUT2D eigenvalue weighted by atomic mass is 16.3. The second kappa shape index (κ2) is 5.89. The monoisotopic (exact) mass is 274 g/mol. The number of hydrogen-bond donors (Lipinski definition) is 1. The molecule has 0 bridgehead atoms. The van der Waals surface area contributed by atoms with E-state index in [-0.39, 0.29) is 6.61 Å². The molecule has 1 fully saturated rings. The Morgan fingerprint density at radius 3 is 3.10 bits per heavy atom. The van der Waals surface area contributed by atoms with Crippen molar-refractivity contribution in [3.8, 4) is 0 Å². The molecule has 0 amide bonds. The van der Waals surface area contributed by atoms with Crippen molar-refractivity contribution in [2.24, 2.45) is 0 Å². The Morgan fingerprint density at radius 2 is 2.30 bits per heavy atom. The lowest BCUT2D eigenvalue weighted by atomic mass is 10.0. The standard InChI is InChI=1S/C15H22N4O/c1-18-9-3-2-7-13(18)15-17-12-6-4-8-16-14(12)19(15)10-5-11-20/h4,6,8,13,20H,2-3,5,7,9-11H2,1H3. The summed E-state index contributed by atoms with van der Waals surface area (Å²) in [7, 11) is 2.17. The molecule has 2 aromatic rings. The third-order valence-corrected chi connectivity index (χ3v) is 4.14. The average Bonchev–Trinajstić information content (AvgIpc) is 2.84. The molecule has 0 spiro atoms. The molecule has 5 heteroatoms. The van der Waals surface area contributed by atoms with Gasteiger partial charge in [-0.25, -0.2) is 9.97 Å². The van der Waals surface area contributed by atoms with E-state index in [1.807, 2.05) is 18.3 Å². The number of pyridine rings is 1. The van der Waals surface area contributed by atoms with E-state index in [1.165, 1.54) is 12.8 Å². The van der Waals surface area contributed by atoms with Crippen molar-refractivity contribution in [3.05, 3.63) is 24.2 Å². The fraction of sp³-hybridized carbons (Fsp3) is 0.600. The molecule has 0 saturated carbocycles. The number of aliphatic hydroxyl groups is 1. The third kappa shape index (κ3) is 2.43. The van der Waals surface area contributed by atoms with Gasteiger partial charge in [0.15, 0.2) is 5.65 Å². The summed E-state index contributed by atoms with van der Waals surface area (Å²) in [5.41, 5.74) is 1.90. The number of aromatic nitrogens is 3. The molecule has 1 saturated heterocycles. The molecule has 1 aliphatic heterocycles. The van der Waals surface area contributed by atoms with Crippen LogP contribution in [0.3, 0.4) is 0 Å². The minimum absolute atomic E-state index is 0.201. The van der Waals surface area contributed by atoms with Gasteiger partial charge in [0.2, 0.25) is 0 Å². The summed E-state index contributed by atoms with van der Waals surface area (Å²) in [5.74, 6) is 1.11. The van der Waals surface area contributed by atoms with Crippen molar-refractivity contribution in [3.63, 3.8) is 0 Å². The number of piperidine rings is 1. The molecule has 1 N–H and O–H groups in total. The minimum Gasteiger partial charge on any atom is -0.396 e. The molecule has 5 nitrogen and oxygen atoms in total. The first-order valence-electron chi connectivity index (χ1n) is 7.43. The molecule has 20 heavy (non-hydrogen) atoms. The van der Waals surface area contributed by atoms with Gasteiger partial charge in [0, 0.05) is 19.3 Å². The van der Waals surface area contributed by atoms with Crippen LogP contribution in [0.25, 0.3) is 11.2 Å². The zero-order chi connectivity index (χ0) is 13.9. The molecule has 1 atom stereocenters. The quantitative estimate of drug-likeness (QED) is 0.926. The van der Waals surface area contributed by atoms with Gasteiger partial charge < -0.3 is 9.67 Å². The maximum absolute atomic E-state index is 9.13. The Labute approximate surface area is 119 Å². The number of hydrogen-bond acceptors (Lipinski definition) is 4. The van der Waals surface area contributed by atoms with Crippen LogP contribution in [0.2, 0.25) is 0 Å². The summed E-state index contributed by atoms with van der Waals surface area (Å²) in [6.45, 7) is 2.11. The van der Waals surface area contributed by atoms with E-state index < -0.39 is 0 Å². The predicted molar refractivity (Wildman–Crippen MR) is 78.5 cm³/mol. The molecular weight excluding hydrogens is 252 g/mol. The number of likely N-dealkylation sites (tertiary alicyclic amines) is 1. The lowest BCUT2D eigenvalue weighted by molar-refractivity contribution is 0.175. The fourth-order valence-electron chi connectivity index (χ4n) is 3.08. The van der Waals surface area contributed by atoms with Crippen LogP contribution in [-0.4, -0.2) is 44.7 Å². The first-order valence-corrected chi connectivity index (χ1v) is 7.43. The van der Waals surface area contributed by atoms with E-state index in [1.54, 1.807) is 0 Å². The van der Waals surface area contributed by atoms with Gasteiger partial charge in [-0.05, 0) is 45.0 Å². The summed E-state index contributed by atoms with van der Waals surface area (Å²) < 4.78 is 2.19. The Kier molecular flexibility index (Phi) is 3.98. The van der Waals surface area contributed by atoms with Crippen molar-refractivity contribution < 1.29 is 5.11 Å². The van der Waals surface area contributed by atoms with Gasteiger partial charge in [0.05, 0.1) is 6.04 Å². The molecule has 0 radical (unpaired) electrons. The molecule has 3 rings (SSSR count). The van der Waals surface area contributed by atoms with Crippen LogP contribution < -0.4 is 0 Å². The normalized spacial score (nSPS) is 20.6. The van der Waals surface area contributed by atoms with Crippen LogP contribution >= 0.6 is 0 Å². The number of fused-ring (bicyclic) bond motifs is 1. The summed E-state index contributed by atoms with van der Waals surface area (Å²) in [6, 6.07) is 4.32. The van der Waals surface area contributed by atoms with Crippen molar-refractivity contribution in [1.29, 1.82) is 0 Å². The Hall–Kier alpha value is -1.46. The lowest BCUT2D eigenvalue weighted by Gasteiger charge is -2.32. The first kappa shape index (κ1) is 13.5. The third-order valence-electron chi connectivity index (χ3n) is 4.14. The van der Waals surface area contributed by atoms with Crippen molar-refractivity contribution >= 4 is 11.2 Å². The van der Waals surface area contributed by atoms with Gasteiger partial charge in [-0.3, -0.25) is 4.90 Å². The van der Waals surface area contributed by atoms with E-state index in [0.717, 1.165) is 42.9 Å². The topological polar surface area (TPSA) is 54.2 Å². The van der Waals surface area contributed by atoms with Crippen LogP contribution in [-0.2, 0) is 6.54 Å². The summed E-state index contributed by atoms with van der Waals surface area (Å²) in [4.78, 5) is 11.7. The molecular formula is C15H22N4O. The van der Waals surface area contributed by atoms with Gasteiger partial charge in [-0.1, -0.05) is 6.42 Å². The summed E-state index contributed by atoms with van der Waals surface area (Å²) >= 11 is 0. The highest BCUT2D eigenvalue weighted by molar-refractivity contribution is 5.71. The predicted octanol–water partition coefficient (Wildman–Crippen LogP) is 1.97. The van der Waals surface area contributed by atoms with Gasteiger partial charge >= 0.3 is 0 Å². The SMILES string of the molecule is CN1CCCCC1c1nc2cccnc2n1CCCO. The van der Waals surface area contributed by atoms with Crippen molar-refractivity contribution in [1.82, 2.24) is 19.4 Å². The zero-order valence-corrected chi connectivity index (χ0v) is 12.0. The van der Waals surface area contributed by atoms with E-state index in [9.17, 15) is 0 Å². The smallest absolute Gasteiger partial charge is 0.160 e. The van der Waals surface area contributed by atoms with Crippen LogP contribution in [0.1, 0.15) is 37.5 Å².